The summed E-state index contributed by atoms with van der Waals surface area (Å²) in [5, 5.41) is 7.10. The van der Waals surface area contributed by atoms with Crippen molar-refractivity contribution in [3.05, 3.63) is 30.3 Å². The van der Waals surface area contributed by atoms with Gasteiger partial charge in [0.1, 0.15) is 0 Å². The number of thioether (sulfide) groups is 1. The molecule has 31 heavy (non-hydrogen) atoms. The third-order valence-corrected chi connectivity index (χ3v) is 7.74. The van der Waals surface area contributed by atoms with Gasteiger partial charge in [-0.3, -0.25) is 9.89 Å². The predicted octanol–water partition coefficient (Wildman–Crippen LogP) is 3.22. The summed E-state index contributed by atoms with van der Waals surface area (Å²) in [6, 6.07) is 11.2. The smallest absolute Gasteiger partial charge is 0.191 e. The van der Waals surface area contributed by atoms with E-state index in [4.69, 9.17) is 14.5 Å². The van der Waals surface area contributed by atoms with Crippen LogP contribution in [0.25, 0.3) is 0 Å². The van der Waals surface area contributed by atoms with Gasteiger partial charge in [0.15, 0.2) is 5.96 Å². The first-order valence-electron chi connectivity index (χ1n) is 11.4. The Bertz CT molecular complexity index is 677. The summed E-state index contributed by atoms with van der Waals surface area (Å²) in [4.78, 5) is 8.91. The Hall–Kier alpha value is -0.550. The molecule has 1 aliphatic carbocycles. The molecule has 174 valence electrons. The molecule has 0 bridgehead atoms. The number of nitrogens with one attached hydrogen (secondary N) is 2. The van der Waals surface area contributed by atoms with E-state index in [0.717, 1.165) is 71.5 Å². The fraction of sp³-hybridized carbons (Fsp3) is 0.696. The van der Waals surface area contributed by atoms with Gasteiger partial charge in [0.05, 0.1) is 26.4 Å². The normalized spacial score (nSPS) is 24.3. The molecule has 1 aromatic rings. The summed E-state index contributed by atoms with van der Waals surface area (Å²) in [5.74, 6) is 1.52. The van der Waals surface area contributed by atoms with Crippen molar-refractivity contribution in [3.8, 4) is 0 Å². The molecular formula is C23H37IN4O2S. The van der Waals surface area contributed by atoms with Crippen molar-refractivity contribution in [1.82, 2.24) is 15.5 Å². The molecule has 6 nitrogen and oxygen atoms in total. The van der Waals surface area contributed by atoms with Crippen molar-refractivity contribution in [2.75, 3.05) is 59.2 Å². The zero-order valence-corrected chi connectivity index (χ0v) is 21.7. The first kappa shape index (κ1) is 25.1. The lowest BCUT2D eigenvalue weighted by atomic mass is 9.97. The van der Waals surface area contributed by atoms with Crippen LogP contribution >= 0.6 is 35.7 Å². The van der Waals surface area contributed by atoms with Crippen LogP contribution in [0.2, 0.25) is 0 Å². The summed E-state index contributed by atoms with van der Waals surface area (Å²) in [5.41, 5.74) is 0. The zero-order valence-electron chi connectivity index (χ0n) is 18.6. The number of hydrogen-bond acceptors (Lipinski definition) is 5. The van der Waals surface area contributed by atoms with Crippen LogP contribution in [0, 0.1) is 5.92 Å². The topological polar surface area (TPSA) is 58.1 Å². The van der Waals surface area contributed by atoms with E-state index in [1.807, 2.05) is 11.8 Å². The average Bonchev–Trinajstić information content (AvgIpc) is 3.32. The molecule has 2 N–H and O–H groups in total. The Morgan fingerprint density at radius 2 is 1.94 bits per heavy atom. The Morgan fingerprint density at radius 3 is 2.58 bits per heavy atom. The van der Waals surface area contributed by atoms with E-state index in [1.54, 1.807) is 0 Å². The first-order valence-corrected chi connectivity index (χ1v) is 12.3. The molecule has 3 aliphatic rings. The van der Waals surface area contributed by atoms with Crippen LogP contribution in [-0.4, -0.2) is 80.8 Å². The van der Waals surface area contributed by atoms with Gasteiger partial charge < -0.3 is 20.1 Å². The molecule has 3 fully saturated rings. The van der Waals surface area contributed by atoms with Crippen LogP contribution in [-0.2, 0) is 9.47 Å². The second kappa shape index (κ2) is 12.6. The number of ether oxygens (including phenoxy) is 2. The molecule has 0 spiro atoms. The third kappa shape index (κ3) is 7.48. The SMILES string of the molecule is CCNC(=NCC1(Sc2ccccc2)CC1)NCC(C1CCOC1)N1CCOCC1.I. The molecule has 2 heterocycles. The number of aliphatic imine (C=N–C) groups is 1. The van der Waals surface area contributed by atoms with Gasteiger partial charge >= 0.3 is 0 Å². The lowest BCUT2D eigenvalue weighted by Gasteiger charge is -2.37. The van der Waals surface area contributed by atoms with Gasteiger partial charge in [0.2, 0.25) is 0 Å². The molecule has 0 radical (unpaired) electrons. The molecule has 2 unspecified atom stereocenters. The number of guanidine groups is 1. The lowest BCUT2D eigenvalue weighted by Crippen LogP contribution is -2.53. The maximum absolute atomic E-state index is 5.71. The highest BCUT2D eigenvalue weighted by molar-refractivity contribution is 14.0. The van der Waals surface area contributed by atoms with Gasteiger partial charge in [-0.2, -0.15) is 0 Å². The molecule has 2 atom stereocenters. The Morgan fingerprint density at radius 1 is 1.16 bits per heavy atom. The first-order chi connectivity index (χ1) is 14.8. The van der Waals surface area contributed by atoms with E-state index in [2.05, 4.69) is 52.8 Å². The number of hydrogen-bond donors (Lipinski definition) is 2. The lowest BCUT2D eigenvalue weighted by molar-refractivity contribution is 0.00246. The summed E-state index contributed by atoms with van der Waals surface area (Å²) in [7, 11) is 0. The molecule has 4 rings (SSSR count). The van der Waals surface area contributed by atoms with Crippen LogP contribution < -0.4 is 10.6 Å². The molecule has 1 aromatic carbocycles. The highest BCUT2D eigenvalue weighted by atomic mass is 127. The number of nitrogens with zero attached hydrogens (tertiary/aromatic N) is 2. The maximum atomic E-state index is 5.71. The van der Waals surface area contributed by atoms with E-state index in [9.17, 15) is 0 Å². The minimum Gasteiger partial charge on any atom is -0.381 e. The minimum atomic E-state index is 0. The molecule has 2 aliphatic heterocycles. The van der Waals surface area contributed by atoms with E-state index < -0.39 is 0 Å². The van der Waals surface area contributed by atoms with Crippen LogP contribution in [0.1, 0.15) is 26.2 Å². The summed E-state index contributed by atoms with van der Waals surface area (Å²) >= 11 is 1.98. The molecule has 1 saturated carbocycles. The van der Waals surface area contributed by atoms with Crippen molar-refractivity contribution >= 4 is 41.7 Å². The Kier molecular flexibility index (Phi) is 10.2. The average molecular weight is 561 g/mol. The standard InChI is InChI=1S/C23H36N4O2S.HI/c1-2-24-22(26-18-23(9-10-23)30-20-6-4-3-5-7-20)25-16-21(19-8-13-29-17-19)27-11-14-28-15-12-27;/h3-7,19,21H,2,8-18H2,1H3,(H2,24,25,26);1H. The number of benzene rings is 1. The second-order valence-corrected chi connectivity index (χ2v) is 10.1. The number of halogens is 1. The van der Waals surface area contributed by atoms with E-state index >= 15 is 0 Å². The summed E-state index contributed by atoms with van der Waals surface area (Å²) in [6.45, 7) is 10.2. The van der Waals surface area contributed by atoms with Crippen molar-refractivity contribution < 1.29 is 9.47 Å². The van der Waals surface area contributed by atoms with Gasteiger partial charge in [-0.25, -0.2) is 0 Å². The predicted molar refractivity (Wildman–Crippen MR) is 139 cm³/mol. The van der Waals surface area contributed by atoms with Crippen LogP contribution in [0.5, 0.6) is 0 Å². The quantitative estimate of drug-likeness (QED) is 0.275. The molecule has 2 saturated heterocycles. The monoisotopic (exact) mass is 560 g/mol. The molecule has 0 amide bonds. The van der Waals surface area contributed by atoms with Gasteiger partial charge in [-0.05, 0) is 38.3 Å². The van der Waals surface area contributed by atoms with Crippen molar-refractivity contribution in [2.24, 2.45) is 10.9 Å². The van der Waals surface area contributed by atoms with Crippen molar-refractivity contribution in [3.63, 3.8) is 0 Å². The van der Waals surface area contributed by atoms with Crippen molar-refractivity contribution in [1.29, 1.82) is 0 Å². The van der Waals surface area contributed by atoms with Crippen molar-refractivity contribution in [2.45, 2.75) is 41.9 Å². The summed E-state index contributed by atoms with van der Waals surface area (Å²) < 4.78 is 11.6. The number of rotatable bonds is 9. The van der Waals surface area contributed by atoms with Gasteiger partial charge in [0, 0.05) is 54.4 Å². The van der Waals surface area contributed by atoms with E-state index in [-0.39, 0.29) is 28.7 Å². The van der Waals surface area contributed by atoms with Crippen LogP contribution in [0.4, 0.5) is 0 Å². The minimum absolute atomic E-state index is 0. The number of morpholine rings is 1. The highest BCUT2D eigenvalue weighted by Gasteiger charge is 2.43. The van der Waals surface area contributed by atoms with Crippen LogP contribution in [0.15, 0.2) is 40.2 Å². The van der Waals surface area contributed by atoms with E-state index in [1.165, 1.54) is 17.7 Å². The third-order valence-electron chi connectivity index (χ3n) is 6.26. The fourth-order valence-corrected chi connectivity index (χ4v) is 5.52. The van der Waals surface area contributed by atoms with Gasteiger partial charge in [-0.15, -0.1) is 35.7 Å². The van der Waals surface area contributed by atoms with Gasteiger partial charge in [0.25, 0.3) is 0 Å². The molecule has 8 heteroatoms. The second-order valence-electron chi connectivity index (χ2n) is 8.51. The maximum Gasteiger partial charge on any atom is 0.191 e. The summed E-state index contributed by atoms with van der Waals surface area (Å²) in [6.07, 6.45) is 3.63. The fourth-order valence-electron chi connectivity index (χ4n) is 4.30. The molecule has 0 aromatic heterocycles. The van der Waals surface area contributed by atoms with Crippen LogP contribution in [0.3, 0.4) is 0 Å². The van der Waals surface area contributed by atoms with E-state index in [0.29, 0.717) is 12.0 Å². The Labute approximate surface area is 208 Å². The molecular weight excluding hydrogens is 523 g/mol. The zero-order chi connectivity index (χ0) is 20.7. The largest absolute Gasteiger partial charge is 0.381 e. The highest BCUT2D eigenvalue weighted by Crippen LogP contribution is 2.51. The van der Waals surface area contributed by atoms with Gasteiger partial charge in [-0.1, -0.05) is 18.2 Å². The Balaban J connectivity index is 0.00000272.